The van der Waals surface area contributed by atoms with E-state index in [1.807, 2.05) is 24.4 Å². The topological polar surface area (TPSA) is 58.5 Å². The van der Waals surface area contributed by atoms with Crippen molar-refractivity contribution in [3.8, 4) is 0 Å². The number of hydrogen-bond donors (Lipinski definition) is 2. The highest BCUT2D eigenvalue weighted by Gasteiger charge is 1.99. The van der Waals surface area contributed by atoms with Gasteiger partial charge in [-0.15, -0.1) is 24.0 Å². The smallest absolute Gasteiger partial charge is 0.191 e. The standard InChI is InChI=1S/C22H31ClN4O.HI/c1-2-24-22(26-15-12-20-10-11-21(23)27-18-20)25-14-6-7-16-28-17-13-19-8-4-3-5-9-19;/h3-5,8-11,18H,2,6-7,12-17H2,1H3,(H2,24,25,26);1H. The molecule has 0 bridgehead atoms. The Hall–Kier alpha value is -1.38. The van der Waals surface area contributed by atoms with Crippen LogP contribution in [-0.2, 0) is 17.6 Å². The lowest BCUT2D eigenvalue weighted by Crippen LogP contribution is -2.38. The summed E-state index contributed by atoms with van der Waals surface area (Å²) in [6.07, 6.45) is 5.70. The molecule has 1 aromatic heterocycles. The highest BCUT2D eigenvalue weighted by Crippen LogP contribution is 2.05. The maximum atomic E-state index is 5.81. The number of nitrogens with zero attached hydrogens (tertiary/aromatic N) is 2. The van der Waals surface area contributed by atoms with Gasteiger partial charge >= 0.3 is 0 Å². The highest BCUT2D eigenvalue weighted by atomic mass is 127. The summed E-state index contributed by atoms with van der Waals surface area (Å²) < 4.78 is 5.72. The van der Waals surface area contributed by atoms with E-state index in [0.29, 0.717) is 5.15 Å². The van der Waals surface area contributed by atoms with Crippen molar-refractivity contribution in [2.75, 3.05) is 32.8 Å². The Morgan fingerprint density at radius 1 is 1.00 bits per heavy atom. The average molecular weight is 531 g/mol. The zero-order valence-electron chi connectivity index (χ0n) is 17.1. The molecule has 160 valence electrons. The molecule has 0 spiro atoms. The van der Waals surface area contributed by atoms with Gasteiger partial charge in [-0.1, -0.05) is 48.0 Å². The summed E-state index contributed by atoms with van der Waals surface area (Å²) in [4.78, 5) is 8.73. The first-order valence-electron chi connectivity index (χ1n) is 10.0. The first-order chi connectivity index (χ1) is 13.8. The molecule has 0 atom stereocenters. The van der Waals surface area contributed by atoms with E-state index in [4.69, 9.17) is 16.3 Å². The number of unbranched alkanes of at least 4 members (excludes halogenated alkanes) is 1. The number of pyridine rings is 1. The van der Waals surface area contributed by atoms with Crippen LogP contribution in [-0.4, -0.2) is 43.8 Å². The third-order valence-electron chi connectivity index (χ3n) is 4.18. The molecule has 0 fully saturated rings. The van der Waals surface area contributed by atoms with Gasteiger partial charge < -0.3 is 15.4 Å². The molecule has 1 heterocycles. The van der Waals surface area contributed by atoms with Crippen LogP contribution in [0.2, 0.25) is 5.15 Å². The maximum Gasteiger partial charge on any atom is 0.191 e. The van der Waals surface area contributed by atoms with Crippen LogP contribution < -0.4 is 10.6 Å². The fourth-order valence-corrected chi connectivity index (χ4v) is 2.78. The van der Waals surface area contributed by atoms with Gasteiger partial charge in [0.05, 0.1) is 6.61 Å². The Balaban J connectivity index is 0.00000420. The number of aliphatic imine (C=N–C) groups is 1. The van der Waals surface area contributed by atoms with Crippen molar-refractivity contribution in [1.29, 1.82) is 0 Å². The van der Waals surface area contributed by atoms with E-state index in [1.165, 1.54) is 5.56 Å². The predicted octanol–water partition coefficient (Wildman–Crippen LogP) is 4.49. The van der Waals surface area contributed by atoms with Crippen molar-refractivity contribution in [3.63, 3.8) is 0 Å². The molecule has 29 heavy (non-hydrogen) atoms. The molecule has 0 radical (unpaired) electrons. The second-order valence-corrected chi connectivity index (χ2v) is 6.87. The molecule has 0 saturated heterocycles. The number of rotatable bonds is 12. The Labute approximate surface area is 196 Å². The van der Waals surface area contributed by atoms with Gasteiger partial charge in [-0.3, -0.25) is 4.99 Å². The second-order valence-electron chi connectivity index (χ2n) is 6.48. The molecule has 0 aliphatic heterocycles. The van der Waals surface area contributed by atoms with Gasteiger partial charge in [0.25, 0.3) is 0 Å². The van der Waals surface area contributed by atoms with Gasteiger partial charge in [0.1, 0.15) is 5.15 Å². The summed E-state index contributed by atoms with van der Waals surface area (Å²) in [6.45, 7) is 6.07. The normalized spacial score (nSPS) is 11.0. The van der Waals surface area contributed by atoms with E-state index in [1.54, 1.807) is 0 Å². The third kappa shape index (κ3) is 12.0. The molecule has 7 heteroatoms. The monoisotopic (exact) mass is 530 g/mol. The summed E-state index contributed by atoms with van der Waals surface area (Å²) >= 11 is 5.81. The third-order valence-corrected chi connectivity index (χ3v) is 4.41. The molecule has 2 rings (SSSR count). The van der Waals surface area contributed by atoms with Crippen LogP contribution in [0.1, 0.15) is 30.9 Å². The van der Waals surface area contributed by atoms with Crippen molar-refractivity contribution in [3.05, 3.63) is 64.9 Å². The molecule has 0 saturated carbocycles. The number of hydrogen-bond acceptors (Lipinski definition) is 3. The average Bonchev–Trinajstić information content (AvgIpc) is 2.72. The molecule has 0 amide bonds. The van der Waals surface area contributed by atoms with Crippen molar-refractivity contribution in [2.24, 2.45) is 4.99 Å². The summed E-state index contributed by atoms with van der Waals surface area (Å²) in [7, 11) is 0. The fraction of sp³-hybridized carbons (Fsp3) is 0.455. The van der Waals surface area contributed by atoms with E-state index in [9.17, 15) is 0 Å². The van der Waals surface area contributed by atoms with Gasteiger partial charge in [0.2, 0.25) is 0 Å². The van der Waals surface area contributed by atoms with E-state index in [2.05, 4.69) is 51.8 Å². The molecule has 5 nitrogen and oxygen atoms in total. The van der Waals surface area contributed by atoms with Crippen LogP contribution in [0, 0.1) is 0 Å². The molecule has 2 N–H and O–H groups in total. The molecular weight excluding hydrogens is 499 g/mol. The van der Waals surface area contributed by atoms with E-state index in [-0.39, 0.29) is 24.0 Å². The van der Waals surface area contributed by atoms with Crippen LogP contribution in [0.5, 0.6) is 0 Å². The number of halogens is 2. The summed E-state index contributed by atoms with van der Waals surface area (Å²) in [6, 6.07) is 14.3. The van der Waals surface area contributed by atoms with Crippen LogP contribution in [0.15, 0.2) is 53.7 Å². The van der Waals surface area contributed by atoms with Gasteiger partial charge in [-0.2, -0.15) is 0 Å². The zero-order valence-corrected chi connectivity index (χ0v) is 20.2. The quantitative estimate of drug-likeness (QED) is 0.140. The zero-order chi connectivity index (χ0) is 19.9. The lowest BCUT2D eigenvalue weighted by atomic mass is 10.2. The molecule has 1 aromatic carbocycles. The van der Waals surface area contributed by atoms with Crippen LogP contribution >= 0.6 is 35.6 Å². The largest absolute Gasteiger partial charge is 0.381 e. The first kappa shape index (κ1) is 25.7. The number of benzene rings is 1. The second kappa shape index (κ2) is 16.4. The van der Waals surface area contributed by atoms with Crippen molar-refractivity contribution >= 4 is 41.5 Å². The lowest BCUT2D eigenvalue weighted by molar-refractivity contribution is 0.134. The fourth-order valence-electron chi connectivity index (χ4n) is 2.66. The Bertz CT molecular complexity index is 683. The highest BCUT2D eigenvalue weighted by molar-refractivity contribution is 14.0. The van der Waals surface area contributed by atoms with Crippen molar-refractivity contribution in [2.45, 2.75) is 32.6 Å². The minimum Gasteiger partial charge on any atom is -0.381 e. The summed E-state index contributed by atoms with van der Waals surface area (Å²) in [5, 5.41) is 7.16. The minimum atomic E-state index is 0. The van der Waals surface area contributed by atoms with E-state index in [0.717, 1.165) is 70.1 Å². The summed E-state index contributed by atoms with van der Waals surface area (Å²) in [5.41, 5.74) is 2.48. The van der Waals surface area contributed by atoms with Crippen LogP contribution in [0.4, 0.5) is 0 Å². The van der Waals surface area contributed by atoms with Gasteiger partial charge in [0, 0.05) is 32.4 Å². The van der Waals surface area contributed by atoms with E-state index >= 15 is 0 Å². The molecule has 2 aromatic rings. The molecule has 0 aliphatic rings. The Morgan fingerprint density at radius 2 is 1.83 bits per heavy atom. The number of guanidine groups is 1. The van der Waals surface area contributed by atoms with Crippen molar-refractivity contribution < 1.29 is 4.74 Å². The van der Waals surface area contributed by atoms with Crippen molar-refractivity contribution in [1.82, 2.24) is 15.6 Å². The van der Waals surface area contributed by atoms with E-state index < -0.39 is 0 Å². The SMILES string of the molecule is CCNC(=NCCCCOCCc1ccccc1)NCCc1ccc(Cl)nc1.I. The van der Waals surface area contributed by atoms with Gasteiger partial charge in [0.15, 0.2) is 5.96 Å². The lowest BCUT2D eigenvalue weighted by Gasteiger charge is -2.11. The number of nitrogens with one attached hydrogen (secondary N) is 2. The summed E-state index contributed by atoms with van der Waals surface area (Å²) in [5.74, 6) is 0.856. The van der Waals surface area contributed by atoms with Gasteiger partial charge in [-0.25, -0.2) is 4.98 Å². The predicted molar refractivity (Wildman–Crippen MR) is 133 cm³/mol. The minimum absolute atomic E-state index is 0. The molecular formula is C22H32ClIN4O. The van der Waals surface area contributed by atoms with Crippen LogP contribution in [0.3, 0.4) is 0 Å². The Kier molecular flexibility index (Phi) is 14.5. The molecule has 0 aliphatic carbocycles. The number of aromatic nitrogens is 1. The first-order valence-corrected chi connectivity index (χ1v) is 10.4. The van der Waals surface area contributed by atoms with Gasteiger partial charge in [-0.05, 0) is 49.8 Å². The molecule has 0 unspecified atom stereocenters. The van der Waals surface area contributed by atoms with Crippen LogP contribution in [0.25, 0.3) is 0 Å². The number of ether oxygens (including phenoxy) is 1. The maximum absolute atomic E-state index is 5.81. The Morgan fingerprint density at radius 3 is 2.55 bits per heavy atom.